The molecule has 84 valence electrons. The molecule has 3 heteroatoms. The molecule has 1 heterocycles. The number of nitrogens with one attached hydrogen (secondary N) is 1. The molecule has 1 fully saturated rings. The lowest BCUT2D eigenvalue weighted by molar-refractivity contribution is 0.0623. The van der Waals surface area contributed by atoms with Crippen LogP contribution in [0.2, 0.25) is 0 Å². The molecule has 0 spiro atoms. The number of rotatable bonds is 4. The summed E-state index contributed by atoms with van der Waals surface area (Å²) in [4.78, 5) is 5.00. The van der Waals surface area contributed by atoms with Gasteiger partial charge in [-0.15, -0.1) is 0 Å². The second kappa shape index (κ2) is 5.10. The van der Waals surface area contributed by atoms with Crippen molar-refractivity contribution in [2.75, 3.05) is 46.3 Å². The fourth-order valence-electron chi connectivity index (χ4n) is 1.95. The smallest absolute Gasteiger partial charge is 0.0278 e. The van der Waals surface area contributed by atoms with Crippen LogP contribution in [0.4, 0.5) is 0 Å². The van der Waals surface area contributed by atoms with Gasteiger partial charge in [0.15, 0.2) is 0 Å². The SMILES string of the molecule is CCNCC(C)(C)N1CCN(C)CC1. The molecule has 0 radical (unpaired) electrons. The van der Waals surface area contributed by atoms with Crippen LogP contribution in [0.1, 0.15) is 20.8 Å². The van der Waals surface area contributed by atoms with Crippen molar-refractivity contribution in [3.63, 3.8) is 0 Å². The molecule has 1 aliphatic heterocycles. The zero-order valence-corrected chi connectivity index (χ0v) is 10.1. The molecule has 0 aromatic carbocycles. The molecule has 0 bridgehead atoms. The van der Waals surface area contributed by atoms with Gasteiger partial charge in [0.25, 0.3) is 0 Å². The first-order valence-corrected chi connectivity index (χ1v) is 5.70. The van der Waals surface area contributed by atoms with Crippen LogP contribution in [-0.2, 0) is 0 Å². The predicted molar refractivity (Wildman–Crippen MR) is 61.7 cm³/mol. The molecule has 1 saturated heterocycles. The monoisotopic (exact) mass is 199 g/mol. The van der Waals surface area contributed by atoms with Crippen molar-refractivity contribution < 1.29 is 0 Å². The van der Waals surface area contributed by atoms with E-state index in [4.69, 9.17) is 0 Å². The predicted octanol–water partition coefficient (Wildman–Crippen LogP) is 0.622. The van der Waals surface area contributed by atoms with Crippen molar-refractivity contribution in [1.82, 2.24) is 15.1 Å². The minimum Gasteiger partial charge on any atom is -0.315 e. The van der Waals surface area contributed by atoms with Crippen molar-refractivity contribution in [2.45, 2.75) is 26.3 Å². The molecule has 1 aliphatic rings. The van der Waals surface area contributed by atoms with Gasteiger partial charge in [0.2, 0.25) is 0 Å². The van der Waals surface area contributed by atoms with Crippen molar-refractivity contribution in [2.24, 2.45) is 0 Å². The molecule has 0 aromatic heterocycles. The van der Waals surface area contributed by atoms with Gasteiger partial charge in [-0.25, -0.2) is 0 Å². The second-order valence-corrected chi connectivity index (χ2v) is 4.88. The molecule has 1 N–H and O–H groups in total. The first kappa shape index (κ1) is 12.0. The number of likely N-dealkylation sites (N-methyl/N-ethyl adjacent to an activating group) is 2. The lowest BCUT2D eigenvalue weighted by Gasteiger charge is -2.43. The van der Waals surface area contributed by atoms with Gasteiger partial charge in [0.05, 0.1) is 0 Å². The Hall–Kier alpha value is -0.120. The summed E-state index contributed by atoms with van der Waals surface area (Å²) in [6.07, 6.45) is 0. The van der Waals surface area contributed by atoms with Crippen molar-refractivity contribution in [3.05, 3.63) is 0 Å². The average molecular weight is 199 g/mol. The molecule has 0 saturated carbocycles. The molecular weight excluding hydrogens is 174 g/mol. The minimum atomic E-state index is 0.303. The van der Waals surface area contributed by atoms with Gasteiger partial charge in [-0.2, -0.15) is 0 Å². The van der Waals surface area contributed by atoms with Gasteiger partial charge in [-0.3, -0.25) is 4.90 Å². The van der Waals surface area contributed by atoms with E-state index in [1.54, 1.807) is 0 Å². The molecule has 0 aliphatic carbocycles. The van der Waals surface area contributed by atoms with E-state index in [1.807, 2.05) is 0 Å². The molecule has 1 rings (SSSR count). The van der Waals surface area contributed by atoms with Gasteiger partial charge >= 0.3 is 0 Å². The van der Waals surface area contributed by atoms with E-state index in [9.17, 15) is 0 Å². The Morgan fingerprint density at radius 1 is 1.14 bits per heavy atom. The van der Waals surface area contributed by atoms with Gasteiger partial charge in [0, 0.05) is 38.3 Å². The quantitative estimate of drug-likeness (QED) is 0.716. The third-order valence-electron chi connectivity index (χ3n) is 3.17. The third-order valence-corrected chi connectivity index (χ3v) is 3.17. The van der Waals surface area contributed by atoms with Crippen LogP contribution in [0, 0.1) is 0 Å². The van der Waals surface area contributed by atoms with Crippen LogP contribution in [0.25, 0.3) is 0 Å². The number of nitrogens with zero attached hydrogens (tertiary/aromatic N) is 2. The standard InChI is InChI=1S/C11H25N3/c1-5-12-10-11(2,3)14-8-6-13(4)7-9-14/h12H,5-10H2,1-4H3. The van der Waals surface area contributed by atoms with Crippen LogP contribution in [0.15, 0.2) is 0 Å². The largest absolute Gasteiger partial charge is 0.315 e. The molecule has 0 atom stereocenters. The van der Waals surface area contributed by atoms with E-state index in [-0.39, 0.29) is 0 Å². The summed E-state index contributed by atoms with van der Waals surface area (Å²) >= 11 is 0. The van der Waals surface area contributed by atoms with Crippen LogP contribution in [0.3, 0.4) is 0 Å². The van der Waals surface area contributed by atoms with Crippen molar-refractivity contribution in [1.29, 1.82) is 0 Å². The lowest BCUT2D eigenvalue weighted by atomic mass is 10.0. The minimum absolute atomic E-state index is 0.303. The Balaban J connectivity index is 2.38. The van der Waals surface area contributed by atoms with E-state index < -0.39 is 0 Å². The summed E-state index contributed by atoms with van der Waals surface area (Å²) in [5.74, 6) is 0. The van der Waals surface area contributed by atoms with Crippen LogP contribution in [-0.4, -0.2) is 61.7 Å². The molecule has 3 nitrogen and oxygen atoms in total. The Labute approximate surface area is 88.5 Å². The van der Waals surface area contributed by atoms with Gasteiger partial charge < -0.3 is 10.2 Å². The number of hydrogen-bond acceptors (Lipinski definition) is 3. The Morgan fingerprint density at radius 3 is 2.21 bits per heavy atom. The summed E-state index contributed by atoms with van der Waals surface area (Å²) in [7, 11) is 2.20. The summed E-state index contributed by atoms with van der Waals surface area (Å²) in [6.45, 7) is 13.8. The van der Waals surface area contributed by atoms with E-state index in [2.05, 4.69) is 42.9 Å². The van der Waals surface area contributed by atoms with Crippen LogP contribution < -0.4 is 5.32 Å². The Kier molecular flexibility index (Phi) is 4.35. The summed E-state index contributed by atoms with van der Waals surface area (Å²) < 4.78 is 0. The first-order chi connectivity index (χ1) is 6.56. The zero-order valence-electron chi connectivity index (χ0n) is 10.1. The van der Waals surface area contributed by atoms with Gasteiger partial charge in [-0.05, 0) is 27.4 Å². The second-order valence-electron chi connectivity index (χ2n) is 4.88. The summed E-state index contributed by atoms with van der Waals surface area (Å²) in [6, 6.07) is 0. The lowest BCUT2D eigenvalue weighted by Crippen LogP contribution is -2.57. The first-order valence-electron chi connectivity index (χ1n) is 5.70. The highest BCUT2D eigenvalue weighted by molar-refractivity contribution is 4.86. The Morgan fingerprint density at radius 2 is 1.71 bits per heavy atom. The third kappa shape index (κ3) is 3.23. The number of piperazine rings is 1. The van der Waals surface area contributed by atoms with Gasteiger partial charge in [0.1, 0.15) is 0 Å². The maximum Gasteiger partial charge on any atom is 0.0278 e. The van der Waals surface area contributed by atoms with Crippen molar-refractivity contribution in [3.8, 4) is 0 Å². The molecule has 14 heavy (non-hydrogen) atoms. The van der Waals surface area contributed by atoms with Crippen LogP contribution in [0.5, 0.6) is 0 Å². The van der Waals surface area contributed by atoms with E-state index in [1.165, 1.54) is 26.2 Å². The highest BCUT2D eigenvalue weighted by Gasteiger charge is 2.28. The fourth-order valence-corrected chi connectivity index (χ4v) is 1.95. The van der Waals surface area contributed by atoms with Crippen LogP contribution >= 0.6 is 0 Å². The zero-order chi connectivity index (χ0) is 10.6. The summed E-state index contributed by atoms with van der Waals surface area (Å²) in [5, 5.41) is 3.44. The topological polar surface area (TPSA) is 18.5 Å². The highest BCUT2D eigenvalue weighted by Crippen LogP contribution is 2.15. The van der Waals surface area contributed by atoms with Gasteiger partial charge in [-0.1, -0.05) is 6.92 Å². The van der Waals surface area contributed by atoms with E-state index in [0.29, 0.717) is 5.54 Å². The maximum atomic E-state index is 3.44. The number of hydrogen-bond donors (Lipinski definition) is 1. The fraction of sp³-hybridized carbons (Fsp3) is 1.00. The highest BCUT2D eigenvalue weighted by atomic mass is 15.3. The normalized spacial score (nSPS) is 21.4. The van der Waals surface area contributed by atoms with E-state index >= 15 is 0 Å². The Bertz CT molecular complexity index is 160. The summed E-state index contributed by atoms with van der Waals surface area (Å²) in [5.41, 5.74) is 0.303. The molecular formula is C11H25N3. The molecule has 0 unspecified atom stereocenters. The van der Waals surface area contributed by atoms with Crippen molar-refractivity contribution >= 4 is 0 Å². The molecule has 0 aromatic rings. The maximum absolute atomic E-state index is 3.44. The molecule has 0 amide bonds. The van der Waals surface area contributed by atoms with E-state index in [0.717, 1.165) is 13.1 Å². The average Bonchev–Trinajstić information content (AvgIpc) is 2.16.